The van der Waals surface area contributed by atoms with Crippen LogP contribution >= 0.6 is 0 Å². The fourth-order valence-corrected chi connectivity index (χ4v) is 6.18. The summed E-state index contributed by atoms with van der Waals surface area (Å²) in [5, 5.41) is 0. The molecule has 1 saturated heterocycles. The Labute approximate surface area is 151 Å². The molecule has 0 unspecified atom stereocenters. The Morgan fingerprint density at radius 3 is 2.50 bits per heavy atom. The molecule has 1 aliphatic heterocycles. The van der Waals surface area contributed by atoms with Crippen molar-refractivity contribution in [3.63, 3.8) is 0 Å². The molecule has 0 radical (unpaired) electrons. The first kappa shape index (κ1) is 18.8. The van der Waals surface area contributed by atoms with E-state index in [2.05, 4.69) is 0 Å². The van der Waals surface area contributed by atoms with Gasteiger partial charge in [-0.15, -0.1) is 0 Å². The summed E-state index contributed by atoms with van der Waals surface area (Å²) in [7, 11) is -0.432. The zero-order valence-electron chi connectivity index (χ0n) is 15.0. The Balaban J connectivity index is 2.16. The van der Waals surface area contributed by atoms with E-state index in [1.165, 1.54) is 21.2 Å². The quantitative estimate of drug-likeness (QED) is 0.654. The van der Waals surface area contributed by atoms with Crippen molar-refractivity contribution in [2.45, 2.75) is 49.1 Å². The van der Waals surface area contributed by atoms with E-state index in [1.54, 1.807) is 0 Å². The second kappa shape index (κ2) is 6.66. The van der Waals surface area contributed by atoms with Crippen LogP contribution in [0, 0.1) is 5.92 Å². The number of rotatable bonds is 3. The van der Waals surface area contributed by atoms with Gasteiger partial charge in [0.15, 0.2) is 4.90 Å². The lowest BCUT2D eigenvalue weighted by molar-refractivity contribution is -0.144. The molecule has 3 rings (SSSR count). The van der Waals surface area contributed by atoms with Crippen molar-refractivity contribution in [3.8, 4) is 0 Å². The minimum atomic E-state index is -4.27. The molecule has 2 heterocycles. The summed E-state index contributed by atoms with van der Waals surface area (Å²) in [4.78, 5) is 36.1. The van der Waals surface area contributed by atoms with Crippen LogP contribution in [0.5, 0.6) is 0 Å². The number of hydrogen-bond acceptors (Lipinski definition) is 6. The van der Waals surface area contributed by atoms with Crippen LogP contribution in [0.25, 0.3) is 0 Å². The van der Waals surface area contributed by atoms with Gasteiger partial charge < -0.3 is 9.30 Å². The maximum atomic E-state index is 13.3. The van der Waals surface area contributed by atoms with E-state index in [9.17, 15) is 22.8 Å². The molecule has 1 aliphatic carbocycles. The zero-order chi connectivity index (χ0) is 19.2. The van der Waals surface area contributed by atoms with Gasteiger partial charge in [-0.25, -0.2) is 13.2 Å². The Morgan fingerprint density at radius 2 is 1.85 bits per heavy atom. The molecule has 1 aromatic rings. The molecule has 0 N–H and O–H groups in total. The Bertz CT molecular complexity index is 948. The lowest BCUT2D eigenvalue weighted by Gasteiger charge is -2.32. The fourth-order valence-electron chi connectivity index (χ4n) is 4.17. The van der Waals surface area contributed by atoms with Crippen LogP contribution in [0.3, 0.4) is 0 Å². The lowest BCUT2D eigenvalue weighted by atomic mass is 9.85. The third-order valence-electron chi connectivity index (χ3n) is 5.47. The van der Waals surface area contributed by atoms with E-state index in [0.29, 0.717) is 12.8 Å². The first-order valence-electron chi connectivity index (χ1n) is 8.58. The van der Waals surface area contributed by atoms with Gasteiger partial charge in [-0.3, -0.25) is 14.2 Å². The van der Waals surface area contributed by atoms with Crippen molar-refractivity contribution in [1.82, 2.24) is 13.4 Å². The van der Waals surface area contributed by atoms with Crippen molar-refractivity contribution in [2.24, 2.45) is 20.0 Å². The number of carbonyl (C=O) groups is 1. The molecule has 9 nitrogen and oxygen atoms in total. The topological polar surface area (TPSA) is 108 Å². The lowest BCUT2D eigenvalue weighted by Crippen LogP contribution is -2.49. The summed E-state index contributed by atoms with van der Waals surface area (Å²) in [6, 6.07) is -1.28. The molecule has 1 saturated carbocycles. The summed E-state index contributed by atoms with van der Waals surface area (Å²) >= 11 is 0. The van der Waals surface area contributed by atoms with Crippen LogP contribution in [0.1, 0.15) is 32.1 Å². The van der Waals surface area contributed by atoms with Gasteiger partial charge in [0.1, 0.15) is 6.04 Å². The molecule has 10 heteroatoms. The van der Waals surface area contributed by atoms with Crippen molar-refractivity contribution >= 4 is 16.0 Å². The molecule has 1 aromatic heterocycles. The smallest absolute Gasteiger partial charge is 0.330 e. The van der Waals surface area contributed by atoms with E-state index in [0.717, 1.165) is 38.9 Å². The number of fused-ring (bicyclic) bond motifs is 1. The average Bonchev–Trinajstić information content (AvgIpc) is 3.02. The van der Waals surface area contributed by atoms with Crippen LogP contribution in [-0.2, 0) is 33.7 Å². The Morgan fingerprint density at radius 1 is 1.19 bits per heavy atom. The fraction of sp³-hybridized carbons (Fsp3) is 0.688. The number of methoxy groups -OCH3 is 1. The van der Waals surface area contributed by atoms with Gasteiger partial charge in [0.25, 0.3) is 15.6 Å². The third-order valence-corrected chi connectivity index (χ3v) is 7.39. The second-order valence-corrected chi connectivity index (χ2v) is 8.78. The van der Waals surface area contributed by atoms with Gasteiger partial charge in [-0.2, -0.15) is 4.31 Å². The van der Waals surface area contributed by atoms with Gasteiger partial charge in [0.05, 0.1) is 7.11 Å². The maximum absolute atomic E-state index is 13.3. The van der Waals surface area contributed by atoms with Crippen molar-refractivity contribution in [3.05, 3.63) is 27.0 Å². The maximum Gasteiger partial charge on any atom is 0.330 e. The highest BCUT2D eigenvalue weighted by Gasteiger charge is 2.52. The number of esters is 1. The zero-order valence-corrected chi connectivity index (χ0v) is 15.9. The minimum Gasteiger partial charge on any atom is -0.468 e. The van der Waals surface area contributed by atoms with Gasteiger partial charge in [0.2, 0.25) is 0 Å². The average molecular weight is 385 g/mol. The van der Waals surface area contributed by atoms with Crippen LogP contribution in [-0.4, -0.2) is 47.0 Å². The van der Waals surface area contributed by atoms with Gasteiger partial charge in [-0.05, 0) is 25.2 Å². The molecule has 2 aliphatic rings. The molecule has 0 bridgehead atoms. The monoisotopic (exact) mass is 385 g/mol. The van der Waals surface area contributed by atoms with Gasteiger partial charge in [0, 0.05) is 26.3 Å². The number of ether oxygens (including phenoxy) is 1. The molecule has 144 valence electrons. The SMILES string of the molecule is COC(=O)[C@@H]1C[C@H]2CCCC[C@@H]2N1S(=O)(=O)c1cn(C)c(=O)n(C)c1=O. The van der Waals surface area contributed by atoms with E-state index >= 15 is 0 Å². The number of nitrogens with zero attached hydrogens (tertiary/aromatic N) is 3. The van der Waals surface area contributed by atoms with E-state index in [1.807, 2.05) is 0 Å². The van der Waals surface area contributed by atoms with Crippen LogP contribution in [0.15, 0.2) is 20.7 Å². The van der Waals surface area contributed by atoms with E-state index < -0.39 is 38.2 Å². The van der Waals surface area contributed by atoms with Crippen LogP contribution < -0.4 is 11.2 Å². The first-order valence-corrected chi connectivity index (χ1v) is 10.0. The molecule has 2 fully saturated rings. The third kappa shape index (κ3) is 2.81. The summed E-state index contributed by atoms with van der Waals surface area (Å²) in [5.41, 5.74) is -1.51. The number of carbonyl (C=O) groups excluding carboxylic acids is 1. The van der Waals surface area contributed by atoms with E-state index in [4.69, 9.17) is 4.74 Å². The van der Waals surface area contributed by atoms with Crippen molar-refractivity contribution < 1.29 is 17.9 Å². The van der Waals surface area contributed by atoms with E-state index in [-0.39, 0.29) is 12.0 Å². The Hall–Kier alpha value is -1.94. The number of hydrogen-bond donors (Lipinski definition) is 0. The summed E-state index contributed by atoms with van der Waals surface area (Å²) in [5.74, 6) is -0.552. The van der Waals surface area contributed by atoms with Crippen molar-refractivity contribution in [2.75, 3.05) is 7.11 Å². The standard InChI is InChI=1S/C16H23N3O6S/c1-17-9-13(14(20)18(2)16(17)22)26(23,24)19-11-7-5-4-6-10(11)8-12(19)15(21)25-3/h9-12H,4-8H2,1-3H3/t10-,11+,12+/m1/s1. The van der Waals surface area contributed by atoms with Crippen molar-refractivity contribution in [1.29, 1.82) is 0 Å². The van der Waals surface area contributed by atoms with Crippen LogP contribution in [0.2, 0.25) is 0 Å². The second-order valence-electron chi connectivity index (χ2n) is 6.97. The largest absolute Gasteiger partial charge is 0.468 e. The predicted octanol–water partition coefficient (Wildman–Crippen LogP) is -0.421. The molecule has 0 spiro atoms. The highest BCUT2D eigenvalue weighted by Crippen LogP contribution is 2.42. The number of sulfonamides is 1. The summed E-state index contributed by atoms with van der Waals surface area (Å²) in [6.45, 7) is 0. The molecule has 3 atom stereocenters. The molecular formula is C16H23N3O6S. The normalized spacial score (nSPS) is 26.5. The molecule has 0 aromatic carbocycles. The Kier molecular flexibility index (Phi) is 4.82. The highest BCUT2D eigenvalue weighted by atomic mass is 32.2. The minimum absolute atomic E-state index is 0.0685. The number of aryl methyl sites for hydroxylation is 1. The molecule has 26 heavy (non-hydrogen) atoms. The first-order chi connectivity index (χ1) is 12.2. The van der Waals surface area contributed by atoms with Gasteiger partial charge in [-0.1, -0.05) is 12.8 Å². The predicted molar refractivity (Wildman–Crippen MR) is 92.1 cm³/mol. The van der Waals surface area contributed by atoms with Crippen LogP contribution in [0.4, 0.5) is 0 Å². The molecule has 0 amide bonds. The molecular weight excluding hydrogens is 362 g/mol. The van der Waals surface area contributed by atoms with Gasteiger partial charge >= 0.3 is 11.7 Å². The number of aromatic nitrogens is 2. The summed E-state index contributed by atoms with van der Waals surface area (Å²) in [6.07, 6.45) is 4.77. The highest BCUT2D eigenvalue weighted by molar-refractivity contribution is 7.89. The summed E-state index contributed by atoms with van der Waals surface area (Å²) < 4.78 is 34.5.